The average Bonchev–Trinajstić information content (AvgIpc) is 3.11. The minimum atomic E-state index is -4.73. The zero-order valence-electron chi connectivity index (χ0n) is 29.0. The van der Waals surface area contributed by atoms with E-state index in [1.54, 1.807) is 63.3 Å². The van der Waals surface area contributed by atoms with Crippen LogP contribution < -0.4 is 21.5 Å². The van der Waals surface area contributed by atoms with Crippen molar-refractivity contribution >= 4 is 37.6 Å². The molecule has 3 aromatic rings. The summed E-state index contributed by atoms with van der Waals surface area (Å²) in [6, 6.07) is 17.9. The van der Waals surface area contributed by atoms with Gasteiger partial charge in [0.1, 0.15) is 18.8 Å². The maximum atomic E-state index is 14.3. The predicted molar refractivity (Wildman–Crippen MR) is 186 cm³/mol. The summed E-state index contributed by atoms with van der Waals surface area (Å²) in [6.07, 6.45) is -7.33. The molecule has 0 saturated heterocycles. The van der Waals surface area contributed by atoms with Gasteiger partial charge in [-0.05, 0) is 59.4 Å². The molecular formula is C35H45F3N4O6Si. The van der Waals surface area contributed by atoms with E-state index in [4.69, 9.17) is 9.16 Å². The highest BCUT2D eigenvalue weighted by Crippen LogP contribution is 2.41. The number of halogens is 3. The second-order valence-corrected chi connectivity index (χ2v) is 18.4. The SMILES string of the molecule is CC(=O)Nc1ccc(-c2ccccc2)n(CC(=O)NC(C(C)C)C(O[Si](C)(C)C(C)(C)C)C(F)(F)F)c1=O.O=C1Nc2cccc(c2)CO1. The van der Waals surface area contributed by atoms with E-state index in [1.165, 1.54) is 13.0 Å². The van der Waals surface area contributed by atoms with Crippen molar-refractivity contribution in [1.29, 1.82) is 0 Å². The van der Waals surface area contributed by atoms with Gasteiger partial charge in [-0.2, -0.15) is 13.2 Å². The average molecular weight is 703 g/mol. The number of nitrogens with zero attached hydrogens (tertiary/aromatic N) is 1. The zero-order valence-corrected chi connectivity index (χ0v) is 30.0. The lowest BCUT2D eigenvalue weighted by Gasteiger charge is -2.42. The third-order valence-corrected chi connectivity index (χ3v) is 12.8. The highest BCUT2D eigenvalue weighted by Gasteiger charge is 2.52. The fourth-order valence-corrected chi connectivity index (χ4v) is 6.00. The molecule has 10 nitrogen and oxygen atoms in total. The molecule has 0 radical (unpaired) electrons. The van der Waals surface area contributed by atoms with Crippen molar-refractivity contribution in [3.8, 4) is 11.3 Å². The summed E-state index contributed by atoms with van der Waals surface area (Å²) in [6.45, 7) is 13.2. The first-order valence-electron chi connectivity index (χ1n) is 15.8. The molecule has 3 N–H and O–H groups in total. The normalized spacial score (nSPS) is 14.3. The molecule has 266 valence electrons. The highest BCUT2D eigenvalue weighted by atomic mass is 28.4. The number of ether oxygens (including phenoxy) is 1. The Labute approximate surface area is 285 Å². The minimum Gasteiger partial charge on any atom is -0.444 e. The Morgan fingerprint density at radius 1 is 1.00 bits per heavy atom. The van der Waals surface area contributed by atoms with Crippen LogP contribution in [0, 0.1) is 5.92 Å². The quantitative estimate of drug-likeness (QED) is 0.201. The van der Waals surface area contributed by atoms with Crippen molar-refractivity contribution in [3.05, 3.63) is 82.6 Å². The van der Waals surface area contributed by atoms with E-state index < -0.39 is 61.5 Å². The molecule has 1 aliphatic heterocycles. The van der Waals surface area contributed by atoms with Crippen molar-refractivity contribution < 1.29 is 36.7 Å². The minimum absolute atomic E-state index is 0.0418. The van der Waals surface area contributed by atoms with Crippen LogP contribution in [-0.4, -0.2) is 49.1 Å². The summed E-state index contributed by atoms with van der Waals surface area (Å²) in [7, 11) is -2.86. The molecule has 49 heavy (non-hydrogen) atoms. The van der Waals surface area contributed by atoms with Gasteiger partial charge in [0, 0.05) is 12.6 Å². The molecule has 2 heterocycles. The number of fused-ring (bicyclic) bond motifs is 2. The molecule has 2 unspecified atom stereocenters. The molecule has 0 fully saturated rings. The number of anilines is 2. The molecule has 2 aromatic carbocycles. The van der Waals surface area contributed by atoms with Crippen LogP contribution in [0.25, 0.3) is 11.3 Å². The van der Waals surface area contributed by atoms with Crippen molar-refractivity contribution in [2.75, 3.05) is 10.6 Å². The van der Waals surface area contributed by atoms with E-state index in [1.807, 2.05) is 45.0 Å². The van der Waals surface area contributed by atoms with Gasteiger partial charge in [0.05, 0.1) is 11.7 Å². The lowest BCUT2D eigenvalue weighted by atomic mass is 9.98. The maximum Gasteiger partial charge on any atom is 0.415 e. The Bertz CT molecular complexity index is 1690. The van der Waals surface area contributed by atoms with Gasteiger partial charge in [0.15, 0.2) is 14.4 Å². The largest absolute Gasteiger partial charge is 0.444 e. The summed E-state index contributed by atoms with van der Waals surface area (Å²) in [5.74, 6) is -1.87. The number of aromatic nitrogens is 1. The molecule has 0 aliphatic carbocycles. The van der Waals surface area contributed by atoms with E-state index in [0.717, 1.165) is 15.8 Å². The monoisotopic (exact) mass is 702 g/mol. The van der Waals surface area contributed by atoms with E-state index >= 15 is 0 Å². The number of hydrogen-bond donors (Lipinski definition) is 3. The van der Waals surface area contributed by atoms with Crippen LogP contribution in [0.3, 0.4) is 0 Å². The number of nitrogens with one attached hydrogen (secondary N) is 3. The number of benzene rings is 2. The topological polar surface area (TPSA) is 128 Å². The summed E-state index contributed by atoms with van der Waals surface area (Å²) in [5.41, 5.74) is 2.13. The van der Waals surface area contributed by atoms with Gasteiger partial charge in [-0.1, -0.05) is 77.1 Å². The molecule has 2 atom stereocenters. The summed E-state index contributed by atoms with van der Waals surface area (Å²) >= 11 is 0. The summed E-state index contributed by atoms with van der Waals surface area (Å²) in [4.78, 5) is 48.8. The zero-order chi connectivity index (χ0) is 36.7. The van der Waals surface area contributed by atoms with Crippen LogP contribution in [-0.2, 0) is 31.9 Å². The Hall–Kier alpha value is -4.43. The fraction of sp³-hybridized carbons (Fsp3) is 0.429. The molecular weight excluding hydrogens is 657 g/mol. The van der Waals surface area contributed by atoms with Gasteiger partial charge in [-0.3, -0.25) is 24.3 Å². The first-order valence-corrected chi connectivity index (χ1v) is 18.7. The summed E-state index contributed by atoms with van der Waals surface area (Å²) < 4.78 is 54.7. The number of pyridine rings is 1. The van der Waals surface area contributed by atoms with Crippen molar-refractivity contribution in [3.63, 3.8) is 0 Å². The van der Waals surface area contributed by atoms with E-state index in [0.29, 0.717) is 17.9 Å². The van der Waals surface area contributed by atoms with E-state index in [-0.39, 0.29) is 11.8 Å². The standard InChI is InChI=1S/C27H38F3N3O4Si.C8H7NO2/c1-17(2)23(24(27(28,29)30)37-38(7,8)26(4,5)6)32-22(35)16-33-21(19-12-10-9-11-13-19)15-14-20(25(33)36)31-18(3)34;10-8-9-7-3-1-2-6(4-7)5-11-8/h9-15,17,23-24H,16H2,1-8H3,(H,31,34)(H,32,35);1-4H,5H2,(H,9,10). The van der Waals surface area contributed by atoms with Crippen molar-refractivity contribution in [1.82, 2.24) is 9.88 Å². The third kappa shape index (κ3) is 10.8. The van der Waals surface area contributed by atoms with Crippen LogP contribution in [0.5, 0.6) is 0 Å². The van der Waals surface area contributed by atoms with Crippen LogP contribution in [0.15, 0.2) is 71.5 Å². The number of amides is 3. The van der Waals surface area contributed by atoms with E-state index in [9.17, 15) is 32.3 Å². The lowest BCUT2D eigenvalue weighted by molar-refractivity contribution is -0.210. The third-order valence-electron chi connectivity index (χ3n) is 8.32. The van der Waals surface area contributed by atoms with E-state index in [2.05, 4.69) is 16.0 Å². The second kappa shape index (κ2) is 15.9. The van der Waals surface area contributed by atoms with Crippen molar-refractivity contribution in [2.24, 2.45) is 5.92 Å². The van der Waals surface area contributed by atoms with Crippen molar-refractivity contribution in [2.45, 2.75) is 91.1 Å². The van der Waals surface area contributed by atoms with Crippen LogP contribution in [0.2, 0.25) is 18.1 Å². The Balaban J connectivity index is 0.000000492. The predicted octanol–water partition coefficient (Wildman–Crippen LogP) is 7.32. The molecule has 14 heteroatoms. The highest BCUT2D eigenvalue weighted by molar-refractivity contribution is 6.74. The number of alkyl halides is 3. The fourth-order valence-electron chi connectivity index (χ4n) is 4.73. The molecule has 4 rings (SSSR count). The molecule has 1 aliphatic rings. The number of carbonyl (C=O) groups is 3. The van der Waals surface area contributed by atoms with Crippen LogP contribution >= 0.6 is 0 Å². The molecule has 0 saturated carbocycles. The van der Waals surface area contributed by atoms with Gasteiger partial charge in [-0.25, -0.2) is 4.79 Å². The van der Waals surface area contributed by atoms with Gasteiger partial charge < -0.3 is 19.8 Å². The first kappa shape index (κ1) is 39.0. The summed E-state index contributed by atoms with van der Waals surface area (Å²) in [5, 5.41) is 7.04. The Kier molecular flexibility index (Phi) is 12.6. The van der Waals surface area contributed by atoms with Gasteiger partial charge in [-0.15, -0.1) is 0 Å². The van der Waals surface area contributed by atoms with Gasteiger partial charge >= 0.3 is 12.3 Å². The molecule has 3 amide bonds. The number of rotatable bonds is 9. The lowest BCUT2D eigenvalue weighted by Crippen LogP contribution is -2.59. The molecule has 0 spiro atoms. The number of hydrogen-bond acceptors (Lipinski definition) is 6. The van der Waals surface area contributed by atoms with Crippen LogP contribution in [0.1, 0.15) is 47.1 Å². The second-order valence-electron chi connectivity index (χ2n) is 13.6. The smallest absolute Gasteiger partial charge is 0.415 e. The Morgan fingerprint density at radius 3 is 2.22 bits per heavy atom. The van der Waals surface area contributed by atoms with Crippen LogP contribution in [0.4, 0.5) is 29.3 Å². The molecule has 1 aromatic heterocycles. The molecule has 2 bridgehead atoms. The Morgan fingerprint density at radius 2 is 1.65 bits per heavy atom. The number of cyclic esters (lactones) is 1. The number of carbonyl (C=O) groups excluding carboxylic acids is 3. The maximum absolute atomic E-state index is 14.3. The first-order chi connectivity index (χ1) is 22.7. The van der Waals surface area contributed by atoms with Gasteiger partial charge in [0.2, 0.25) is 11.8 Å². The van der Waals surface area contributed by atoms with Gasteiger partial charge in [0.25, 0.3) is 5.56 Å².